The van der Waals surface area contributed by atoms with E-state index in [2.05, 4.69) is 19.7 Å². The quantitative estimate of drug-likeness (QED) is 0.904. The van der Waals surface area contributed by atoms with Crippen LogP contribution in [0.1, 0.15) is 5.69 Å². The molecule has 2 heterocycles. The molecule has 19 heavy (non-hydrogen) atoms. The largest absolute Gasteiger partial charge is 0.266 e. The molecule has 0 bridgehead atoms. The minimum absolute atomic E-state index is 0.0851. The maximum Gasteiger partial charge on any atom is 0.234 e. The van der Waals surface area contributed by atoms with Gasteiger partial charge in [-0.15, -0.1) is 0 Å². The average molecular weight is 299 g/mol. The Kier molecular flexibility index (Phi) is 4.28. The van der Waals surface area contributed by atoms with E-state index in [1.807, 2.05) is 6.07 Å². The summed E-state index contributed by atoms with van der Waals surface area (Å²) in [5.41, 5.74) is 0.713. The number of aryl methyl sites for hydroxylation is 1. The minimum Gasteiger partial charge on any atom is -0.266 e. The fourth-order valence-electron chi connectivity index (χ4n) is 1.39. The molecule has 0 unspecified atom stereocenters. The van der Waals surface area contributed by atoms with Crippen molar-refractivity contribution < 1.29 is 8.42 Å². The molecule has 0 aliphatic heterocycles. The highest BCUT2D eigenvalue weighted by atomic mass is 35.5. The Balaban J connectivity index is 1.99. The second kappa shape index (κ2) is 5.94. The second-order valence-electron chi connectivity index (χ2n) is 3.72. The van der Waals surface area contributed by atoms with Gasteiger partial charge in [0.2, 0.25) is 10.0 Å². The zero-order valence-electron chi connectivity index (χ0n) is 9.82. The third-order valence-corrected chi connectivity index (χ3v) is 3.66. The smallest absolute Gasteiger partial charge is 0.234 e. The van der Waals surface area contributed by atoms with Gasteiger partial charge in [-0.2, -0.15) is 0 Å². The summed E-state index contributed by atoms with van der Waals surface area (Å²) in [5, 5.41) is 0.130. The zero-order chi connectivity index (χ0) is 13.7. The molecule has 2 rings (SSSR count). The predicted octanol–water partition coefficient (Wildman–Crippen LogP) is 1.51. The van der Waals surface area contributed by atoms with E-state index in [-0.39, 0.29) is 16.7 Å². The fourth-order valence-corrected chi connectivity index (χ4v) is 2.53. The summed E-state index contributed by atoms with van der Waals surface area (Å²) < 4.78 is 26.0. The molecule has 100 valence electrons. The first kappa shape index (κ1) is 13.7. The van der Waals surface area contributed by atoms with E-state index in [0.29, 0.717) is 12.1 Å². The average Bonchev–Trinajstić information content (AvgIpc) is 2.37. The van der Waals surface area contributed by atoms with Gasteiger partial charge in [0.05, 0.1) is 18.1 Å². The molecule has 0 aliphatic carbocycles. The van der Waals surface area contributed by atoms with E-state index in [1.54, 1.807) is 18.3 Å². The summed E-state index contributed by atoms with van der Waals surface area (Å²) in [6.07, 6.45) is 4.57. The van der Waals surface area contributed by atoms with Crippen molar-refractivity contribution in [1.29, 1.82) is 0 Å². The Morgan fingerprint density at radius 1 is 1.26 bits per heavy atom. The topological polar surface area (TPSA) is 84.8 Å². The third kappa shape index (κ3) is 4.46. The van der Waals surface area contributed by atoms with Crippen molar-refractivity contribution in [1.82, 2.24) is 15.0 Å². The number of sulfonamides is 1. The molecular formula is C11H11ClN4O2S. The number of hydrogen-bond donors (Lipinski definition) is 1. The molecule has 0 fully saturated rings. The molecule has 1 N–H and O–H groups in total. The molecule has 0 aromatic carbocycles. The molecular weight excluding hydrogens is 288 g/mol. The monoisotopic (exact) mass is 298 g/mol. The summed E-state index contributed by atoms with van der Waals surface area (Å²) >= 11 is 5.63. The maximum atomic E-state index is 11.8. The van der Waals surface area contributed by atoms with Crippen LogP contribution >= 0.6 is 11.6 Å². The molecule has 0 saturated carbocycles. The van der Waals surface area contributed by atoms with Crippen LogP contribution in [-0.2, 0) is 16.4 Å². The number of hydrogen-bond acceptors (Lipinski definition) is 5. The van der Waals surface area contributed by atoms with E-state index >= 15 is 0 Å². The summed E-state index contributed by atoms with van der Waals surface area (Å²) in [6.45, 7) is 0. The van der Waals surface area contributed by atoms with Gasteiger partial charge in [-0.05, 0) is 12.1 Å². The van der Waals surface area contributed by atoms with Crippen LogP contribution in [-0.4, -0.2) is 29.1 Å². The van der Waals surface area contributed by atoms with Crippen LogP contribution in [0.3, 0.4) is 0 Å². The number of anilines is 1. The van der Waals surface area contributed by atoms with Gasteiger partial charge in [-0.1, -0.05) is 17.7 Å². The molecule has 0 aliphatic rings. The van der Waals surface area contributed by atoms with Crippen LogP contribution < -0.4 is 4.72 Å². The third-order valence-electron chi connectivity index (χ3n) is 2.22. The van der Waals surface area contributed by atoms with Crippen LogP contribution in [0.15, 0.2) is 36.8 Å². The highest BCUT2D eigenvalue weighted by molar-refractivity contribution is 7.92. The van der Waals surface area contributed by atoms with Crippen molar-refractivity contribution >= 4 is 27.4 Å². The molecule has 0 saturated heterocycles. The van der Waals surface area contributed by atoms with Crippen LogP contribution in [0, 0.1) is 0 Å². The molecule has 0 radical (unpaired) electrons. The number of nitrogens with one attached hydrogen (secondary N) is 1. The van der Waals surface area contributed by atoms with Gasteiger partial charge >= 0.3 is 0 Å². The molecule has 2 aromatic heterocycles. The maximum absolute atomic E-state index is 11.8. The first-order valence-electron chi connectivity index (χ1n) is 5.43. The fraction of sp³-hybridized carbons (Fsp3) is 0.182. The van der Waals surface area contributed by atoms with Crippen LogP contribution in [0.4, 0.5) is 5.82 Å². The summed E-state index contributed by atoms with van der Waals surface area (Å²) in [7, 11) is -3.50. The Bertz CT molecular complexity index is 649. The predicted molar refractivity (Wildman–Crippen MR) is 72.4 cm³/mol. The standard InChI is InChI=1S/C11H11ClN4O2S/c12-10-7-13-8-11(15-10)16-19(17,18)6-4-9-3-1-2-5-14-9/h1-3,5,7-8H,4,6H2,(H,15,16). The van der Waals surface area contributed by atoms with E-state index in [0.717, 1.165) is 0 Å². The number of rotatable bonds is 5. The number of pyridine rings is 1. The summed E-state index contributed by atoms with van der Waals surface area (Å²) in [6, 6.07) is 5.36. The molecule has 6 nitrogen and oxygen atoms in total. The number of nitrogens with zero attached hydrogens (tertiary/aromatic N) is 3. The molecule has 0 amide bonds. The van der Waals surface area contributed by atoms with Crippen molar-refractivity contribution in [3.63, 3.8) is 0 Å². The van der Waals surface area contributed by atoms with Crippen LogP contribution in [0.25, 0.3) is 0 Å². The SMILES string of the molecule is O=S(=O)(CCc1ccccn1)Nc1cncc(Cl)n1. The van der Waals surface area contributed by atoms with Crippen molar-refractivity contribution in [3.8, 4) is 0 Å². The first-order valence-corrected chi connectivity index (χ1v) is 7.46. The minimum atomic E-state index is -3.50. The zero-order valence-corrected chi connectivity index (χ0v) is 11.4. The van der Waals surface area contributed by atoms with Crippen molar-refractivity contribution in [3.05, 3.63) is 47.6 Å². The van der Waals surface area contributed by atoms with Crippen molar-refractivity contribution in [2.75, 3.05) is 10.5 Å². The normalized spacial score (nSPS) is 11.2. The first-order chi connectivity index (χ1) is 9.05. The van der Waals surface area contributed by atoms with Gasteiger partial charge in [-0.3, -0.25) is 14.7 Å². The van der Waals surface area contributed by atoms with Gasteiger partial charge in [0, 0.05) is 18.3 Å². The van der Waals surface area contributed by atoms with Gasteiger partial charge in [-0.25, -0.2) is 13.4 Å². The lowest BCUT2D eigenvalue weighted by Gasteiger charge is -2.06. The van der Waals surface area contributed by atoms with Gasteiger partial charge < -0.3 is 0 Å². The van der Waals surface area contributed by atoms with Crippen molar-refractivity contribution in [2.45, 2.75) is 6.42 Å². The molecule has 8 heteroatoms. The Hall–Kier alpha value is -1.73. The van der Waals surface area contributed by atoms with E-state index < -0.39 is 10.0 Å². The Morgan fingerprint density at radius 3 is 2.79 bits per heavy atom. The van der Waals surface area contributed by atoms with Gasteiger partial charge in [0.25, 0.3) is 0 Å². The molecule has 2 aromatic rings. The van der Waals surface area contributed by atoms with Gasteiger partial charge in [0.15, 0.2) is 5.82 Å². The lowest BCUT2D eigenvalue weighted by atomic mass is 10.3. The number of halogens is 1. The van der Waals surface area contributed by atoms with E-state index in [4.69, 9.17) is 11.6 Å². The molecule has 0 atom stereocenters. The molecule has 0 spiro atoms. The van der Waals surface area contributed by atoms with Crippen molar-refractivity contribution in [2.24, 2.45) is 0 Å². The summed E-state index contributed by atoms with van der Waals surface area (Å²) in [4.78, 5) is 11.6. The second-order valence-corrected chi connectivity index (χ2v) is 5.95. The van der Waals surface area contributed by atoms with E-state index in [1.165, 1.54) is 12.4 Å². The highest BCUT2D eigenvalue weighted by Crippen LogP contribution is 2.09. The lowest BCUT2D eigenvalue weighted by molar-refractivity contribution is 0.600. The Labute approximate surface area is 115 Å². The Morgan fingerprint density at radius 2 is 2.11 bits per heavy atom. The summed E-state index contributed by atoms with van der Waals surface area (Å²) in [5.74, 6) is 0.0200. The number of aromatic nitrogens is 3. The highest BCUT2D eigenvalue weighted by Gasteiger charge is 2.12. The van der Waals surface area contributed by atoms with E-state index in [9.17, 15) is 8.42 Å². The van der Waals surface area contributed by atoms with Crippen LogP contribution in [0.5, 0.6) is 0 Å². The van der Waals surface area contributed by atoms with Crippen LogP contribution in [0.2, 0.25) is 5.15 Å². The van der Waals surface area contributed by atoms with Gasteiger partial charge in [0.1, 0.15) is 5.15 Å². The lowest BCUT2D eigenvalue weighted by Crippen LogP contribution is -2.19.